The van der Waals surface area contributed by atoms with Crippen molar-refractivity contribution in [2.45, 2.75) is 51.2 Å². The van der Waals surface area contributed by atoms with Gasteiger partial charge in [-0.15, -0.1) is 0 Å². The van der Waals surface area contributed by atoms with E-state index in [1.165, 1.54) is 0 Å². The quantitative estimate of drug-likeness (QED) is 0.706. The van der Waals surface area contributed by atoms with E-state index in [0.717, 1.165) is 25.7 Å². The maximum Gasteiger partial charge on any atom is 0.0883 e. The van der Waals surface area contributed by atoms with Gasteiger partial charge < -0.3 is 10.4 Å². The monoisotopic (exact) mass is 195 g/mol. The molecule has 1 atom stereocenters. The van der Waals surface area contributed by atoms with Crippen molar-refractivity contribution in [3.63, 3.8) is 0 Å². The highest BCUT2D eigenvalue weighted by molar-refractivity contribution is 5.16. The van der Waals surface area contributed by atoms with E-state index < -0.39 is 5.60 Å². The maximum atomic E-state index is 10.5. The van der Waals surface area contributed by atoms with Gasteiger partial charge in [0.25, 0.3) is 0 Å². The zero-order valence-electron chi connectivity index (χ0n) is 9.16. The van der Waals surface area contributed by atoms with Crippen LogP contribution in [0.15, 0.2) is 24.4 Å². The van der Waals surface area contributed by atoms with Crippen molar-refractivity contribution in [2.75, 3.05) is 0 Å². The lowest BCUT2D eigenvalue weighted by molar-refractivity contribution is 0.00215. The van der Waals surface area contributed by atoms with E-state index in [1.807, 2.05) is 24.4 Å². The lowest BCUT2D eigenvalue weighted by atomic mass is 9.84. The average molecular weight is 195 g/mol. The molecule has 0 aromatic heterocycles. The van der Waals surface area contributed by atoms with E-state index >= 15 is 0 Å². The second-order valence-corrected chi connectivity index (χ2v) is 3.99. The van der Waals surface area contributed by atoms with E-state index in [1.54, 1.807) is 0 Å². The van der Waals surface area contributed by atoms with Gasteiger partial charge in [0, 0.05) is 0 Å². The van der Waals surface area contributed by atoms with Gasteiger partial charge >= 0.3 is 0 Å². The van der Waals surface area contributed by atoms with Crippen molar-refractivity contribution in [2.24, 2.45) is 0 Å². The van der Waals surface area contributed by atoms with Crippen LogP contribution in [0.5, 0.6) is 0 Å². The maximum absolute atomic E-state index is 10.5. The largest absolute Gasteiger partial charge is 0.387 e. The Morgan fingerprint density at radius 3 is 2.29 bits per heavy atom. The predicted molar refractivity (Wildman–Crippen MR) is 60.0 cm³/mol. The standard InChI is InChI=1S/C12H21NO/c1-3-8-12(14,9-4-2)11-7-5-6-10-13-11/h5-7,10-11,13-14H,3-4,8-9H2,1-2H3. The van der Waals surface area contributed by atoms with Gasteiger partial charge in [0.1, 0.15) is 0 Å². The third kappa shape index (κ3) is 2.61. The highest BCUT2D eigenvalue weighted by Crippen LogP contribution is 2.25. The first-order valence-corrected chi connectivity index (χ1v) is 5.54. The zero-order valence-corrected chi connectivity index (χ0v) is 9.16. The van der Waals surface area contributed by atoms with Crippen molar-refractivity contribution in [1.29, 1.82) is 0 Å². The summed E-state index contributed by atoms with van der Waals surface area (Å²) in [7, 11) is 0. The fourth-order valence-electron chi connectivity index (χ4n) is 2.08. The van der Waals surface area contributed by atoms with Gasteiger partial charge in [0.2, 0.25) is 0 Å². The van der Waals surface area contributed by atoms with Gasteiger partial charge in [-0.3, -0.25) is 0 Å². The summed E-state index contributed by atoms with van der Waals surface area (Å²) in [5, 5.41) is 13.7. The van der Waals surface area contributed by atoms with Crippen LogP contribution in [0.4, 0.5) is 0 Å². The summed E-state index contributed by atoms with van der Waals surface area (Å²) in [6.45, 7) is 4.23. The van der Waals surface area contributed by atoms with Gasteiger partial charge in [0.15, 0.2) is 0 Å². The number of aliphatic hydroxyl groups is 1. The molecule has 1 aliphatic rings. The molecule has 1 aliphatic heterocycles. The number of allylic oxidation sites excluding steroid dienone is 2. The van der Waals surface area contributed by atoms with Crippen LogP contribution in [0.1, 0.15) is 39.5 Å². The predicted octanol–water partition coefficient (Wildman–Crippen LogP) is 2.36. The number of nitrogens with one attached hydrogen (secondary N) is 1. The SMILES string of the molecule is CCCC(O)(CCC)C1C=CC=CN1. The molecule has 2 nitrogen and oxygen atoms in total. The second-order valence-electron chi connectivity index (χ2n) is 3.99. The first-order valence-electron chi connectivity index (χ1n) is 5.54. The molecule has 0 spiro atoms. The Morgan fingerprint density at radius 2 is 1.86 bits per heavy atom. The number of hydrogen-bond acceptors (Lipinski definition) is 2. The minimum atomic E-state index is -0.579. The minimum absolute atomic E-state index is 0.0763. The summed E-state index contributed by atoms with van der Waals surface area (Å²) in [5.74, 6) is 0. The molecule has 2 heteroatoms. The molecule has 1 unspecified atom stereocenters. The van der Waals surface area contributed by atoms with Crippen LogP contribution in [0.2, 0.25) is 0 Å². The molecule has 2 N–H and O–H groups in total. The van der Waals surface area contributed by atoms with Crippen LogP contribution >= 0.6 is 0 Å². The van der Waals surface area contributed by atoms with E-state index in [4.69, 9.17) is 0 Å². The minimum Gasteiger partial charge on any atom is -0.387 e. The average Bonchev–Trinajstić information content (AvgIpc) is 2.20. The van der Waals surface area contributed by atoms with Gasteiger partial charge in [-0.05, 0) is 25.1 Å². The molecule has 0 fully saturated rings. The van der Waals surface area contributed by atoms with Crippen molar-refractivity contribution in [3.8, 4) is 0 Å². The van der Waals surface area contributed by atoms with Crippen LogP contribution in [-0.4, -0.2) is 16.7 Å². The lowest BCUT2D eigenvalue weighted by Crippen LogP contribution is -2.48. The van der Waals surface area contributed by atoms with Crippen molar-refractivity contribution in [1.82, 2.24) is 5.32 Å². The first-order chi connectivity index (χ1) is 6.73. The fraction of sp³-hybridized carbons (Fsp3) is 0.667. The van der Waals surface area contributed by atoms with Crippen molar-refractivity contribution >= 4 is 0 Å². The Morgan fingerprint density at radius 1 is 1.21 bits per heavy atom. The molecular weight excluding hydrogens is 174 g/mol. The molecule has 80 valence electrons. The van der Waals surface area contributed by atoms with Crippen LogP contribution in [0.3, 0.4) is 0 Å². The highest BCUT2D eigenvalue weighted by atomic mass is 16.3. The summed E-state index contributed by atoms with van der Waals surface area (Å²) in [6, 6.07) is 0.0763. The summed E-state index contributed by atoms with van der Waals surface area (Å²) in [4.78, 5) is 0. The topological polar surface area (TPSA) is 32.3 Å². The van der Waals surface area contributed by atoms with Gasteiger partial charge in [-0.2, -0.15) is 0 Å². The Labute approximate surface area is 86.7 Å². The Balaban J connectivity index is 2.65. The Kier molecular flexibility index (Phi) is 4.21. The van der Waals surface area contributed by atoms with E-state index in [2.05, 4.69) is 19.2 Å². The normalized spacial score (nSPS) is 20.9. The highest BCUT2D eigenvalue weighted by Gasteiger charge is 2.33. The summed E-state index contributed by atoms with van der Waals surface area (Å²) in [6.07, 6.45) is 11.7. The van der Waals surface area contributed by atoms with Crippen molar-refractivity contribution in [3.05, 3.63) is 24.4 Å². The summed E-state index contributed by atoms with van der Waals surface area (Å²) in [5.41, 5.74) is -0.579. The third-order valence-corrected chi connectivity index (χ3v) is 2.73. The fourth-order valence-corrected chi connectivity index (χ4v) is 2.08. The molecule has 0 aromatic carbocycles. The van der Waals surface area contributed by atoms with Gasteiger partial charge in [-0.1, -0.05) is 38.8 Å². The van der Waals surface area contributed by atoms with Gasteiger partial charge in [-0.25, -0.2) is 0 Å². The molecule has 0 saturated heterocycles. The lowest BCUT2D eigenvalue weighted by Gasteiger charge is -2.35. The molecule has 0 aliphatic carbocycles. The molecular formula is C12H21NO. The molecule has 0 saturated carbocycles. The molecule has 0 aromatic rings. The van der Waals surface area contributed by atoms with Crippen molar-refractivity contribution < 1.29 is 5.11 Å². The van der Waals surface area contributed by atoms with E-state index in [-0.39, 0.29) is 6.04 Å². The van der Waals surface area contributed by atoms with Gasteiger partial charge in [0.05, 0.1) is 11.6 Å². The molecule has 0 radical (unpaired) electrons. The van der Waals surface area contributed by atoms with Crippen LogP contribution in [0, 0.1) is 0 Å². The molecule has 0 amide bonds. The molecule has 1 rings (SSSR count). The van der Waals surface area contributed by atoms with Crippen LogP contribution < -0.4 is 5.32 Å². The number of hydrogen-bond donors (Lipinski definition) is 2. The van der Waals surface area contributed by atoms with Crippen LogP contribution in [0.25, 0.3) is 0 Å². The van der Waals surface area contributed by atoms with E-state index in [0.29, 0.717) is 0 Å². The first kappa shape index (κ1) is 11.3. The summed E-state index contributed by atoms with van der Waals surface area (Å²) < 4.78 is 0. The Hall–Kier alpha value is -0.760. The van der Waals surface area contributed by atoms with Crippen LogP contribution in [-0.2, 0) is 0 Å². The number of dihydropyridines is 1. The molecule has 0 bridgehead atoms. The third-order valence-electron chi connectivity index (χ3n) is 2.73. The second kappa shape index (κ2) is 5.20. The summed E-state index contributed by atoms with van der Waals surface area (Å²) >= 11 is 0. The Bertz CT molecular complexity index is 214. The zero-order chi connectivity index (χ0) is 10.4. The van der Waals surface area contributed by atoms with E-state index in [9.17, 15) is 5.11 Å². The smallest absolute Gasteiger partial charge is 0.0883 e. The molecule has 14 heavy (non-hydrogen) atoms. The number of rotatable bonds is 5. The molecule has 1 heterocycles.